The molecule has 0 aliphatic heterocycles. The lowest BCUT2D eigenvalue weighted by molar-refractivity contribution is -0.686. The maximum Gasteiger partial charge on any atom is 0.128 e. The Kier molecular flexibility index (Phi) is 5.45. The molecule has 3 heteroatoms. The average molecular weight is 291 g/mol. The van der Waals surface area contributed by atoms with Gasteiger partial charge in [0.1, 0.15) is 18.8 Å². The Morgan fingerprint density at radius 1 is 1.05 bits per heavy atom. The Bertz CT molecular complexity index is 551. The highest BCUT2D eigenvalue weighted by molar-refractivity contribution is 6.30. The molecular weight excluding hydrogens is 270 g/mol. The van der Waals surface area contributed by atoms with E-state index in [0.717, 1.165) is 29.4 Å². The minimum atomic E-state index is 0.673. The Labute approximate surface area is 125 Å². The SMILES string of the molecule is CCOc1ccc(Cl)cc1C[NH2+]Cc1ccc(C)cc1. The summed E-state index contributed by atoms with van der Waals surface area (Å²) in [7, 11) is 0. The maximum atomic E-state index is 6.06. The molecule has 0 bridgehead atoms. The zero-order valence-electron chi connectivity index (χ0n) is 12.0. The van der Waals surface area contributed by atoms with Gasteiger partial charge in [0.25, 0.3) is 0 Å². The number of halogens is 1. The van der Waals surface area contributed by atoms with Gasteiger partial charge in [0.2, 0.25) is 0 Å². The lowest BCUT2D eigenvalue weighted by Crippen LogP contribution is -2.80. The molecule has 106 valence electrons. The van der Waals surface area contributed by atoms with Crippen molar-refractivity contribution in [1.82, 2.24) is 0 Å². The smallest absolute Gasteiger partial charge is 0.128 e. The molecular formula is C17H21ClNO+. The van der Waals surface area contributed by atoms with Crippen molar-refractivity contribution in [3.63, 3.8) is 0 Å². The van der Waals surface area contributed by atoms with Crippen LogP contribution in [0, 0.1) is 6.92 Å². The van der Waals surface area contributed by atoms with Gasteiger partial charge in [0.05, 0.1) is 6.61 Å². The van der Waals surface area contributed by atoms with E-state index in [-0.39, 0.29) is 0 Å². The van der Waals surface area contributed by atoms with E-state index in [1.165, 1.54) is 11.1 Å². The van der Waals surface area contributed by atoms with Crippen LogP contribution >= 0.6 is 11.6 Å². The summed E-state index contributed by atoms with van der Waals surface area (Å²) in [5.41, 5.74) is 3.77. The summed E-state index contributed by atoms with van der Waals surface area (Å²) >= 11 is 6.06. The van der Waals surface area contributed by atoms with Gasteiger partial charge in [-0.15, -0.1) is 0 Å². The molecule has 2 aromatic rings. The van der Waals surface area contributed by atoms with Crippen molar-refractivity contribution in [2.75, 3.05) is 6.61 Å². The maximum absolute atomic E-state index is 6.06. The van der Waals surface area contributed by atoms with Gasteiger partial charge in [-0.2, -0.15) is 0 Å². The first-order chi connectivity index (χ1) is 9.69. The summed E-state index contributed by atoms with van der Waals surface area (Å²) < 4.78 is 5.63. The van der Waals surface area contributed by atoms with Crippen LogP contribution in [0.15, 0.2) is 42.5 Å². The molecule has 0 aromatic heterocycles. The quantitative estimate of drug-likeness (QED) is 0.868. The number of benzene rings is 2. The first-order valence-corrected chi connectivity index (χ1v) is 7.35. The second kappa shape index (κ2) is 7.32. The molecule has 0 radical (unpaired) electrons. The monoisotopic (exact) mass is 290 g/mol. The van der Waals surface area contributed by atoms with Crippen LogP contribution in [0.3, 0.4) is 0 Å². The number of nitrogens with two attached hydrogens (primary N) is 1. The fourth-order valence-corrected chi connectivity index (χ4v) is 2.32. The van der Waals surface area contributed by atoms with Crippen LogP contribution < -0.4 is 10.1 Å². The third-order valence-electron chi connectivity index (χ3n) is 3.19. The highest BCUT2D eigenvalue weighted by Gasteiger charge is 2.06. The van der Waals surface area contributed by atoms with E-state index in [9.17, 15) is 0 Å². The fourth-order valence-electron chi connectivity index (χ4n) is 2.12. The van der Waals surface area contributed by atoms with Crippen LogP contribution in [-0.4, -0.2) is 6.61 Å². The van der Waals surface area contributed by atoms with Crippen LogP contribution in [-0.2, 0) is 13.1 Å². The van der Waals surface area contributed by atoms with Crippen molar-refractivity contribution in [1.29, 1.82) is 0 Å². The van der Waals surface area contributed by atoms with Crippen molar-refractivity contribution < 1.29 is 10.1 Å². The molecule has 0 spiro atoms. The number of hydrogen-bond acceptors (Lipinski definition) is 1. The topological polar surface area (TPSA) is 25.8 Å². The van der Waals surface area contributed by atoms with Crippen LogP contribution in [0.5, 0.6) is 5.75 Å². The summed E-state index contributed by atoms with van der Waals surface area (Å²) in [4.78, 5) is 0. The van der Waals surface area contributed by atoms with Crippen molar-refractivity contribution in [3.05, 3.63) is 64.2 Å². The molecule has 0 amide bonds. The molecule has 0 unspecified atom stereocenters. The Morgan fingerprint density at radius 3 is 2.50 bits per heavy atom. The van der Waals surface area contributed by atoms with E-state index in [4.69, 9.17) is 16.3 Å². The number of hydrogen-bond donors (Lipinski definition) is 1. The molecule has 0 aliphatic carbocycles. The molecule has 0 fully saturated rings. The van der Waals surface area contributed by atoms with Gasteiger partial charge in [-0.05, 0) is 32.0 Å². The molecule has 2 rings (SSSR count). The first kappa shape index (κ1) is 14.9. The minimum Gasteiger partial charge on any atom is -0.493 e. The Hall–Kier alpha value is -1.51. The molecule has 0 heterocycles. The minimum absolute atomic E-state index is 0.673. The van der Waals surface area contributed by atoms with E-state index in [1.54, 1.807) is 0 Å². The van der Waals surface area contributed by atoms with Crippen molar-refractivity contribution >= 4 is 11.6 Å². The zero-order chi connectivity index (χ0) is 14.4. The van der Waals surface area contributed by atoms with Gasteiger partial charge in [-0.3, -0.25) is 0 Å². The predicted molar refractivity (Wildman–Crippen MR) is 83.1 cm³/mol. The molecule has 0 atom stereocenters. The van der Waals surface area contributed by atoms with E-state index in [1.807, 2.05) is 25.1 Å². The lowest BCUT2D eigenvalue weighted by atomic mass is 10.1. The Morgan fingerprint density at radius 2 is 1.80 bits per heavy atom. The van der Waals surface area contributed by atoms with E-state index in [2.05, 4.69) is 36.5 Å². The third kappa shape index (κ3) is 4.26. The van der Waals surface area contributed by atoms with Crippen molar-refractivity contribution in [2.45, 2.75) is 26.9 Å². The summed E-state index contributed by atoms with van der Waals surface area (Å²) in [6, 6.07) is 14.4. The van der Waals surface area contributed by atoms with Gasteiger partial charge >= 0.3 is 0 Å². The van der Waals surface area contributed by atoms with E-state index in [0.29, 0.717) is 6.61 Å². The largest absolute Gasteiger partial charge is 0.493 e. The average Bonchev–Trinajstić information content (AvgIpc) is 2.44. The lowest BCUT2D eigenvalue weighted by Gasteiger charge is -2.10. The molecule has 2 N–H and O–H groups in total. The van der Waals surface area contributed by atoms with E-state index < -0.39 is 0 Å². The second-order valence-electron chi connectivity index (χ2n) is 4.87. The number of aryl methyl sites for hydroxylation is 1. The van der Waals surface area contributed by atoms with Crippen LogP contribution in [0.4, 0.5) is 0 Å². The van der Waals surface area contributed by atoms with Crippen LogP contribution in [0.1, 0.15) is 23.6 Å². The zero-order valence-corrected chi connectivity index (χ0v) is 12.8. The van der Waals surface area contributed by atoms with Gasteiger partial charge in [0.15, 0.2) is 0 Å². The van der Waals surface area contributed by atoms with Crippen molar-refractivity contribution in [3.8, 4) is 5.75 Å². The Balaban J connectivity index is 1.96. The number of ether oxygens (including phenoxy) is 1. The predicted octanol–water partition coefficient (Wildman–Crippen LogP) is 3.31. The summed E-state index contributed by atoms with van der Waals surface area (Å²) in [6.07, 6.45) is 0. The van der Waals surface area contributed by atoms with Gasteiger partial charge in [0, 0.05) is 16.1 Å². The van der Waals surface area contributed by atoms with Gasteiger partial charge < -0.3 is 10.1 Å². The summed E-state index contributed by atoms with van der Waals surface area (Å²) in [6.45, 7) is 6.59. The molecule has 2 nitrogen and oxygen atoms in total. The van der Waals surface area contributed by atoms with Gasteiger partial charge in [-0.1, -0.05) is 41.4 Å². The molecule has 0 aliphatic rings. The first-order valence-electron chi connectivity index (χ1n) is 6.97. The van der Waals surface area contributed by atoms with E-state index >= 15 is 0 Å². The third-order valence-corrected chi connectivity index (χ3v) is 3.42. The van der Waals surface area contributed by atoms with Crippen LogP contribution in [0.25, 0.3) is 0 Å². The second-order valence-corrected chi connectivity index (χ2v) is 5.30. The normalized spacial score (nSPS) is 10.6. The summed E-state index contributed by atoms with van der Waals surface area (Å²) in [5.74, 6) is 0.928. The highest BCUT2D eigenvalue weighted by atomic mass is 35.5. The molecule has 0 saturated heterocycles. The molecule has 0 saturated carbocycles. The fraction of sp³-hybridized carbons (Fsp3) is 0.294. The van der Waals surface area contributed by atoms with Gasteiger partial charge in [-0.25, -0.2) is 0 Å². The molecule has 20 heavy (non-hydrogen) atoms. The van der Waals surface area contributed by atoms with Crippen LogP contribution in [0.2, 0.25) is 5.02 Å². The standard InChI is InChI=1S/C17H20ClNO/c1-3-20-17-9-8-16(18)10-15(17)12-19-11-14-6-4-13(2)5-7-14/h4-10,19H,3,11-12H2,1-2H3/p+1. The molecule has 2 aromatic carbocycles. The highest BCUT2D eigenvalue weighted by Crippen LogP contribution is 2.22. The number of quaternary nitrogens is 1. The summed E-state index contributed by atoms with van der Waals surface area (Å²) in [5, 5.41) is 3.02. The number of rotatable bonds is 6. The van der Waals surface area contributed by atoms with Crippen molar-refractivity contribution in [2.24, 2.45) is 0 Å².